The van der Waals surface area contributed by atoms with Crippen LogP contribution in [0.25, 0.3) is 0 Å². The normalized spacial score (nSPS) is 25.2. The summed E-state index contributed by atoms with van der Waals surface area (Å²) >= 11 is 0. The molecule has 1 aliphatic rings. The Bertz CT molecular complexity index is 1040. The van der Waals surface area contributed by atoms with Gasteiger partial charge in [0.15, 0.2) is 6.10 Å². The lowest BCUT2D eigenvalue weighted by Crippen LogP contribution is -2.64. The summed E-state index contributed by atoms with van der Waals surface area (Å²) in [7, 11) is -5.12. The fraction of sp³-hybridized carbons (Fsp3) is 0.706. The van der Waals surface area contributed by atoms with Crippen LogP contribution in [0.5, 0.6) is 0 Å². The van der Waals surface area contributed by atoms with Crippen LogP contribution < -0.4 is 0 Å². The van der Waals surface area contributed by atoms with Gasteiger partial charge in [0.2, 0.25) is 0 Å². The highest BCUT2D eigenvalue weighted by molar-refractivity contribution is 7.47. The smallest absolute Gasteiger partial charge is 0.462 e. The molecule has 0 amide bonds. The number of aliphatic hydroxyl groups excluding tert-OH is 5. The first-order valence-electron chi connectivity index (χ1n) is 16.9. The Morgan fingerprint density at radius 1 is 0.667 bits per heavy atom. The standard InChI is InChI=1S/C34H57O13P/c1-3-5-7-9-11-12-13-14-15-16-17-19-21-23-28(36)46-26(24-44-27(35)22-20-18-10-8-6-4-2)25-45-48(42,43)47-34-32(40)30(38)29(37)31(39)33(34)41/h5,7,11-12,14-15,17,19,26,29-34,37-41H,3-4,6,8-10,13,16,18,20-25H2,1-2H3,(H,42,43)/b7-5-,12-11-,15-14-,19-17-. The maximum absolute atomic E-state index is 12.6. The zero-order valence-electron chi connectivity index (χ0n) is 28.3. The number of allylic oxidation sites excluding steroid dienone is 8. The fourth-order valence-corrected chi connectivity index (χ4v) is 5.62. The first kappa shape index (κ1) is 43.8. The highest BCUT2D eigenvalue weighted by Crippen LogP contribution is 2.47. The Kier molecular flexibility index (Phi) is 23.5. The number of carbonyl (C=O) groups excluding carboxylic acids is 2. The third-order valence-corrected chi connectivity index (χ3v) is 8.43. The van der Waals surface area contributed by atoms with Crippen LogP contribution in [0.2, 0.25) is 0 Å². The number of phosphoric ester groups is 1. The lowest BCUT2D eigenvalue weighted by molar-refractivity contribution is -0.220. The summed E-state index contributed by atoms with van der Waals surface area (Å²) in [6.07, 6.45) is 12.6. The van der Waals surface area contributed by atoms with E-state index in [9.17, 15) is 44.6 Å². The minimum Gasteiger partial charge on any atom is -0.462 e. The average Bonchev–Trinajstić information content (AvgIpc) is 3.06. The van der Waals surface area contributed by atoms with Crippen LogP contribution in [0, 0.1) is 0 Å². The zero-order valence-corrected chi connectivity index (χ0v) is 29.1. The van der Waals surface area contributed by atoms with Gasteiger partial charge in [0.25, 0.3) is 0 Å². The van der Waals surface area contributed by atoms with Gasteiger partial charge in [-0.15, -0.1) is 0 Å². The number of hydrogen-bond donors (Lipinski definition) is 6. The predicted octanol–water partition coefficient (Wildman–Crippen LogP) is 4.10. The van der Waals surface area contributed by atoms with Crippen LogP contribution >= 0.6 is 7.82 Å². The second-order valence-corrected chi connectivity index (χ2v) is 13.0. The van der Waals surface area contributed by atoms with Crippen LogP contribution in [0.3, 0.4) is 0 Å². The molecular formula is C34H57O13P. The Hall–Kier alpha value is -2.19. The first-order chi connectivity index (χ1) is 22.9. The van der Waals surface area contributed by atoms with Gasteiger partial charge in [0.1, 0.15) is 43.2 Å². The van der Waals surface area contributed by atoms with Crippen molar-refractivity contribution in [3.8, 4) is 0 Å². The molecule has 48 heavy (non-hydrogen) atoms. The molecule has 6 N–H and O–H groups in total. The van der Waals surface area contributed by atoms with E-state index in [0.717, 1.165) is 51.4 Å². The van der Waals surface area contributed by atoms with Crippen molar-refractivity contribution in [1.82, 2.24) is 0 Å². The number of rotatable bonds is 25. The van der Waals surface area contributed by atoms with Crippen molar-refractivity contribution in [3.05, 3.63) is 48.6 Å². The molecule has 0 heterocycles. The van der Waals surface area contributed by atoms with E-state index in [4.69, 9.17) is 18.5 Å². The van der Waals surface area contributed by atoms with Crippen molar-refractivity contribution in [2.24, 2.45) is 0 Å². The number of ether oxygens (including phenoxy) is 2. The molecule has 0 bridgehead atoms. The van der Waals surface area contributed by atoms with Gasteiger partial charge in [-0.2, -0.15) is 0 Å². The molecule has 1 fully saturated rings. The average molecular weight is 705 g/mol. The van der Waals surface area contributed by atoms with Crippen LogP contribution in [-0.4, -0.2) is 98.3 Å². The molecule has 0 aromatic carbocycles. The van der Waals surface area contributed by atoms with Crippen molar-refractivity contribution in [2.75, 3.05) is 13.2 Å². The molecule has 0 spiro atoms. The van der Waals surface area contributed by atoms with Crippen molar-refractivity contribution >= 4 is 19.8 Å². The Balaban J connectivity index is 2.65. The molecule has 6 unspecified atom stereocenters. The van der Waals surface area contributed by atoms with Crippen LogP contribution in [0.15, 0.2) is 48.6 Å². The third-order valence-electron chi connectivity index (χ3n) is 7.45. The van der Waals surface area contributed by atoms with Gasteiger partial charge in [-0.3, -0.25) is 18.6 Å². The summed E-state index contributed by atoms with van der Waals surface area (Å²) < 4.78 is 33.0. The zero-order chi connectivity index (χ0) is 35.8. The topological polar surface area (TPSA) is 210 Å². The first-order valence-corrected chi connectivity index (χ1v) is 18.4. The van der Waals surface area contributed by atoms with E-state index in [1.54, 1.807) is 0 Å². The summed E-state index contributed by atoms with van der Waals surface area (Å²) in [5, 5.41) is 49.7. The van der Waals surface area contributed by atoms with E-state index < -0.39 is 75.7 Å². The summed E-state index contributed by atoms with van der Waals surface area (Å²) in [5.74, 6) is -1.21. The molecule has 1 saturated carbocycles. The molecular weight excluding hydrogens is 647 g/mol. The third kappa shape index (κ3) is 19.1. The lowest BCUT2D eigenvalue weighted by atomic mass is 9.85. The van der Waals surface area contributed by atoms with Gasteiger partial charge < -0.3 is 39.9 Å². The van der Waals surface area contributed by atoms with Crippen molar-refractivity contribution in [2.45, 2.75) is 140 Å². The molecule has 0 aliphatic heterocycles. The van der Waals surface area contributed by atoms with Gasteiger partial charge >= 0.3 is 19.8 Å². The van der Waals surface area contributed by atoms with E-state index in [2.05, 4.69) is 38.2 Å². The summed E-state index contributed by atoms with van der Waals surface area (Å²) in [6, 6.07) is 0. The molecule has 6 atom stereocenters. The number of hydrogen-bond acceptors (Lipinski definition) is 12. The van der Waals surface area contributed by atoms with Gasteiger partial charge in [-0.25, -0.2) is 4.57 Å². The molecule has 0 aromatic heterocycles. The van der Waals surface area contributed by atoms with Crippen LogP contribution in [0.4, 0.5) is 0 Å². The maximum Gasteiger partial charge on any atom is 0.472 e. The van der Waals surface area contributed by atoms with E-state index in [0.29, 0.717) is 19.3 Å². The molecule has 0 aromatic rings. The Morgan fingerprint density at radius 3 is 1.77 bits per heavy atom. The Labute approximate surface area is 284 Å². The van der Waals surface area contributed by atoms with E-state index >= 15 is 0 Å². The number of carbonyl (C=O) groups is 2. The SMILES string of the molecule is CC/C=C\C/C=C\C/C=C\C/C=C\CCC(=O)OC(COC(=O)CCCCCCCC)COP(=O)(O)OC1C(O)C(O)C(O)C(O)C1O. The molecule has 0 radical (unpaired) electrons. The number of phosphoric acid groups is 1. The minimum atomic E-state index is -5.12. The predicted molar refractivity (Wildman–Crippen MR) is 179 cm³/mol. The summed E-state index contributed by atoms with van der Waals surface area (Å²) in [6.45, 7) is 2.97. The maximum atomic E-state index is 12.6. The van der Waals surface area contributed by atoms with E-state index in [1.165, 1.54) is 0 Å². The van der Waals surface area contributed by atoms with Crippen LogP contribution in [0.1, 0.15) is 97.3 Å². The van der Waals surface area contributed by atoms with Gasteiger partial charge in [0, 0.05) is 12.8 Å². The van der Waals surface area contributed by atoms with Crippen molar-refractivity contribution < 1.29 is 63.1 Å². The monoisotopic (exact) mass is 704 g/mol. The quantitative estimate of drug-likeness (QED) is 0.0343. The van der Waals surface area contributed by atoms with Crippen LogP contribution in [-0.2, 0) is 32.7 Å². The molecule has 14 heteroatoms. The summed E-state index contributed by atoms with van der Waals surface area (Å²) in [4.78, 5) is 35.1. The second kappa shape index (κ2) is 25.7. The Morgan fingerprint density at radius 2 is 1.19 bits per heavy atom. The molecule has 1 aliphatic carbocycles. The van der Waals surface area contributed by atoms with E-state index in [1.807, 2.05) is 24.3 Å². The fourth-order valence-electron chi connectivity index (χ4n) is 4.65. The molecule has 13 nitrogen and oxygen atoms in total. The largest absolute Gasteiger partial charge is 0.472 e. The minimum absolute atomic E-state index is 0.0255. The van der Waals surface area contributed by atoms with Gasteiger partial charge in [-0.05, 0) is 38.5 Å². The number of aliphatic hydroxyl groups is 5. The molecule has 0 saturated heterocycles. The summed E-state index contributed by atoms with van der Waals surface area (Å²) in [5.41, 5.74) is 0. The molecule has 276 valence electrons. The molecule has 1 rings (SSSR count). The van der Waals surface area contributed by atoms with Gasteiger partial charge in [0.05, 0.1) is 6.61 Å². The van der Waals surface area contributed by atoms with E-state index in [-0.39, 0.29) is 12.8 Å². The highest BCUT2D eigenvalue weighted by Gasteiger charge is 2.51. The number of unbranched alkanes of at least 4 members (excludes halogenated alkanes) is 5. The second-order valence-electron chi connectivity index (χ2n) is 11.6. The van der Waals surface area contributed by atoms with Crippen molar-refractivity contribution in [1.29, 1.82) is 0 Å². The van der Waals surface area contributed by atoms with Crippen molar-refractivity contribution in [3.63, 3.8) is 0 Å². The number of esters is 2. The lowest BCUT2D eigenvalue weighted by Gasteiger charge is -2.41. The van der Waals surface area contributed by atoms with Gasteiger partial charge in [-0.1, -0.05) is 94.6 Å². The highest BCUT2D eigenvalue weighted by atomic mass is 31.2.